The average molecular weight is 382 g/mol. The van der Waals surface area contributed by atoms with Crippen molar-refractivity contribution in [1.82, 2.24) is 14.9 Å². The van der Waals surface area contributed by atoms with Crippen LogP contribution in [0.2, 0.25) is 10.0 Å². The molecule has 0 bridgehead atoms. The molecule has 0 spiro atoms. The number of nitrogens with one attached hydrogen (secondary N) is 1. The zero-order chi connectivity index (χ0) is 17.8. The number of aromatic amines is 1. The molecular formula is C18H21Cl2N3O2. The summed E-state index contributed by atoms with van der Waals surface area (Å²) in [5.41, 5.74) is 1.55. The minimum Gasteiger partial charge on any atom is -0.378 e. The minimum atomic E-state index is -0.132. The van der Waals surface area contributed by atoms with Crippen molar-refractivity contribution in [2.24, 2.45) is 0 Å². The predicted octanol–water partition coefficient (Wildman–Crippen LogP) is 3.60. The highest BCUT2D eigenvalue weighted by Crippen LogP contribution is 2.29. The third kappa shape index (κ3) is 4.61. The maximum Gasteiger partial charge on any atom is 0.251 e. The molecular weight excluding hydrogens is 361 g/mol. The number of aromatic nitrogens is 2. The highest BCUT2D eigenvalue weighted by molar-refractivity contribution is 6.42. The second-order valence-electron chi connectivity index (χ2n) is 6.34. The van der Waals surface area contributed by atoms with Crippen LogP contribution >= 0.6 is 23.2 Å². The molecule has 2 aromatic rings. The Hall–Kier alpha value is -1.40. The lowest BCUT2D eigenvalue weighted by molar-refractivity contribution is 0.178. The Balaban J connectivity index is 1.75. The van der Waals surface area contributed by atoms with E-state index >= 15 is 0 Å². The topological polar surface area (TPSA) is 58.2 Å². The van der Waals surface area contributed by atoms with Gasteiger partial charge in [-0.2, -0.15) is 0 Å². The van der Waals surface area contributed by atoms with Crippen LogP contribution in [0.5, 0.6) is 0 Å². The van der Waals surface area contributed by atoms with Gasteiger partial charge in [0.2, 0.25) is 0 Å². The molecule has 25 heavy (non-hydrogen) atoms. The van der Waals surface area contributed by atoms with Crippen LogP contribution in [0.3, 0.4) is 0 Å². The fourth-order valence-electron chi connectivity index (χ4n) is 3.28. The molecule has 0 amide bonds. The number of ether oxygens (including phenoxy) is 1. The van der Waals surface area contributed by atoms with E-state index in [1.807, 2.05) is 12.1 Å². The molecule has 2 heterocycles. The molecule has 1 aliphatic heterocycles. The number of halogens is 2. The van der Waals surface area contributed by atoms with E-state index < -0.39 is 0 Å². The van der Waals surface area contributed by atoms with Crippen LogP contribution in [0, 0.1) is 0 Å². The molecule has 5 nitrogen and oxygen atoms in total. The number of hydrogen-bond donors (Lipinski definition) is 1. The van der Waals surface area contributed by atoms with Crippen molar-refractivity contribution in [2.45, 2.75) is 31.9 Å². The van der Waals surface area contributed by atoms with Gasteiger partial charge in [0.05, 0.1) is 22.3 Å². The van der Waals surface area contributed by atoms with Crippen LogP contribution in [0.4, 0.5) is 0 Å². The first kappa shape index (κ1) is 18.4. The second kappa shape index (κ2) is 8.32. The van der Waals surface area contributed by atoms with Gasteiger partial charge in [-0.25, -0.2) is 4.98 Å². The van der Waals surface area contributed by atoms with Gasteiger partial charge in [0.15, 0.2) is 0 Å². The first-order chi connectivity index (χ1) is 12.1. The van der Waals surface area contributed by atoms with E-state index in [9.17, 15) is 4.79 Å². The Labute approximate surface area is 156 Å². The molecule has 0 aliphatic carbocycles. The molecule has 0 unspecified atom stereocenters. The number of nitrogens with zero attached hydrogens (tertiary/aromatic N) is 2. The number of likely N-dealkylation sites (tertiary alicyclic amines) is 1. The molecule has 0 radical (unpaired) electrons. The van der Waals surface area contributed by atoms with E-state index in [4.69, 9.17) is 27.9 Å². The first-order valence-electron chi connectivity index (χ1n) is 8.31. The monoisotopic (exact) mass is 381 g/mol. The zero-order valence-corrected chi connectivity index (χ0v) is 15.6. The lowest BCUT2D eigenvalue weighted by Gasteiger charge is -2.32. The molecule has 1 aliphatic rings. The maximum absolute atomic E-state index is 11.9. The Morgan fingerprint density at radius 2 is 2.24 bits per heavy atom. The van der Waals surface area contributed by atoms with Gasteiger partial charge in [0, 0.05) is 32.2 Å². The number of H-pyrrole nitrogens is 1. The standard InChI is InChI=1S/C18H21Cl2N3O2/c1-25-11-14-8-16(24)22-18(21-14)13-5-3-7-23(10-13)9-12-4-2-6-15(19)17(12)20/h2,4,6,8,13H,3,5,7,9-11H2,1H3,(H,21,22,24)/t13-/m1/s1. The van der Waals surface area contributed by atoms with Crippen molar-refractivity contribution in [3.8, 4) is 0 Å². The molecule has 7 heteroatoms. The molecule has 134 valence electrons. The van der Waals surface area contributed by atoms with Crippen LogP contribution in [-0.4, -0.2) is 35.1 Å². The van der Waals surface area contributed by atoms with Crippen LogP contribution in [0.1, 0.15) is 35.8 Å². The molecule has 1 fully saturated rings. The van der Waals surface area contributed by atoms with Gasteiger partial charge in [-0.05, 0) is 31.0 Å². The van der Waals surface area contributed by atoms with E-state index in [1.54, 1.807) is 13.2 Å². The maximum atomic E-state index is 11.9. The van der Waals surface area contributed by atoms with E-state index in [0.717, 1.165) is 43.9 Å². The number of hydrogen-bond acceptors (Lipinski definition) is 4. The van der Waals surface area contributed by atoms with E-state index in [-0.39, 0.29) is 11.5 Å². The Bertz CT molecular complexity index is 794. The minimum absolute atomic E-state index is 0.132. The SMILES string of the molecule is COCc1cc(=O)[nH]c([C@@H]2CCCN(Cc3cccc(Cl)c3Cl)C2)n1. The summed E-state index contributed by atoms with van der Waals surface area (Å²) in [6, 6.07) is 7.19. The van der Waals surface area contributed by atoms with Crippen molar-refractivity contribution in [2.75, 3.05) is 20.2 Å². The van der Waals surface area contributed by atoms with Gasteiger partial charge in [-0.3, -0.25) is 9.69 Å². The van der Waals surface area contributed by atoms with Gasteiger partial charge in [0.25, 0.3) is 5.56 Å². The third-order valence-corrected chi connectivity index (χ3v) is 5.28. The molecule has 0 saturated carbocycles. The summed E-state index contributed by atoms with van der Waals surface area (Å²) >= 11 is 12.4. The van der Waals surface area contributed by atoms with E-state index in [1.165, 1.54) is 6.07 Å². The summed E-state index contributed by atoms with van der Waals surface area (Å²) in [5.74, 6) is 0.928. The Kier molecular flexibility index (Phi) is 6.12. The number of methoxy groups -OCH3 is 1. The van der Waals surface area contributed by atoms with Crippen LogP contribution in [0.25, 0.3) is 0 Å². The third-order valence-electron chi connectivity index (χ3n) is 4.42. The number of rotatable bonds is 5. The second-order valence-corrected chi connectivity index (χ2v) is 7.13. The molecule has 1 aromatic carbocycles. The normalized spacial score (nSPS) is 18.4. The lowest BCUT2D eigenvalue weighted by atomic mass is 9.96. The van der Waals surface area contributed by atoms with Crippen molar-refractivity contribution >= 4 is 23.2 Å². The summed E-state index contributed by atoms with van der Waals surface area (Å²) < 4.78 is 5.10. The van der Waals surface area contributed by atoms with Crippen LogP contribution < -0.4 is 5.56 Å². The molecule has 1 atom stereocenters. The van der Waals surface area contributed by atoms with Crippen molar-refractivity contribution in [1.29, 1.82) is 0 Å². The van der Waals surface area contributed by atoms with Crippen LogP contribution in [0.15, 0.2) is 29.1 Å². The summed E-state index contributed by atoms with van der Waals surface area (Å²) in [6.07, 6.45) is 2.04. The highest BCUT2D eigenvalue weighted by Gasteiger charge is 2.24. The quantitative estimate of drug-likeness (QED) is 0.859. The van der Waals surface area contributed by atoms with Gasteiger partial charge < -0.3 is 9.72 Å². The number of piperidine rings is 1. The summed E-state index contributed by atoms with van der Waals surface area (Å²) in [5, 5.41) is 1.19. The Morgan fingerprint density at radius 3 is 3.04 bits per heavy atom. The summed E-state index contributed by atoms with van der Waals surface area (Å²) in [4.78, 5) is 21.7. The number of benzene rings is 1. The molecule has 1 saturated heterocycles. The van der Waals surface area contributed by atoms with E-state index in [2.05, 4.69) is 14.9 Å². The fourth-order valence-corrected chi connectivity index (χ4v) is 3.66. The van der Waals surface area contributed by atoms with E-state index in [0.29, 0.717) is 22.3 Å². The average Bonchev–Trinajstić information content (AvgIpc) is 2.59. The van der Waals surface area contributed by atoms with Gasteiger partial charge >= 0.3 is 0 Å². The largest absolute Gasteiger partial charge is 0.378 e. The van der Waals surface area contributed by atoms with Crippen molar-refractivity contribution in [3.63, 3.8) is 0 Å². The van der Waals surface area contributed by atoms with Crippen LogP contribution in [-0.2, 0) is 17.9 Å². The first-order valence-corrected chi connectivity index (χ1v) is 9.06. The lowest BCUT2D eigenvalue weighted by Crippen LogP contribution is -2.35. The Morgan fingerprint density at radius 1 is 1.40 bits per heavy atom. The van der Waals surface area contributed by atoms with Crippen molar-refractivity contribution < 1.29 is 4.74 Å². The zero-order valence-electron chi connectivity index (χ0n) is 14.1. The van der Waals surface area contributed by atoms with Crippen molar-refractivity contribution in [3.05, 3.63) is 61.7 Å². The molecule has 1 N–H and O–H groups in total. The van der Waals surface area contributed by atoms with Gasteiger partial charge in [-0.1, -0.05) is 35.3 Å². The summed E-state index contributed by atoms with van der Waals surface area (Å²) in [6.45, 7) is 2.88. The smallest absolute Gasteiger partial charge is 0.251 e. The van der Waals surface area contributed by atoms with Gasteiger partial charge in [0.1, 0.15) is 5.82 Å². The summed E-state index contributed by atoms with van der Waals surface area (Å²) in [7, 11) is 1.60. The molecule has 1 aromatic heterocycles. The highest BCUT2D eigenvalue weighted by atomic mass is 35.5. The fraction of sp³-hybridized carbons (Fsp3) is 0.444. The molecule has 3 rings (SSSR count). The van der Waals surface area contributed by atoms with Gasteiger partial charge in [-0.15, -0.1) is 0 Å². The predicted molar refractivity (Wildman–Crippen MR) is 99.3 cm³/mol.